The monoisotopic (exact) mass is 470 g/mol. The van der Waals surface area contributed by atoms with Crippen molar-refractivity contribution in [3.63, 3.8) is 0 Å². The van der Waals surface area contributed by atoms with Crippen LogP contribution in [0.25, 0.3) is 0 Å². The van der Waals surface area contributed by atoms with E-state index in [2.05, 4.69) is 5.32 Å². The van der Waals surface area contributed by atoms with Gasteiger partial charge in [0.15, 0.2) is 12.1 Å². The van der Waals surface area contributed by atoms with E-state index in [0.29, 0.717) is 11.1 Å². The van der Waals surface area contributed by atoms with Crippen molar-refractivity contribution in [3.05, 3.63) is 64.7 Å². The third kappa shape index (κ3) is 5.21. The molecule has 0 radical (unpaired) electrons. The number of rotatable bonds is 7. The molecule has 1 aliphatic heterocycles. The van der Waals surface area contributed by atoms with Gasteiger partial charge in [0.05, 0.1) is 11.6 Å². The van der Waals surface area contributed by atoms with E-state index in [4.69, 9.17) is 4.74 Å². The number of aryl methyl sites for hydroxylation is 1. The number of amides is 2. The van der Waals surface area contributed by atoms with Gasteiger partial charge in [0.25, 0.3) is 11.8 Å². The highest BCUT2D eigenvalue weighted by atomic mass is 16.5. The minimum Gasteiger partial charge on any atom is -0.508 e. The molecule has 34 heavy (non-hydrogen) atoms. The molecule has 0 aromatic heterocycles. The fraction of sp³-hybridized carbons (Fsp3) is 0.400. The lowest BCUT2D eigenvalue weighted by molar-refractivity contribution is -0.154. The number of benzene rings is 2. The van der Waals surface area contributed by atoms with Crippen molar-refractivity contribution >= 4 is 17.8 Å². The van der Waals surface area contributed by atoms with Crippen LogP contribution in [0.4, 0.5) is 0 Å². The van der Waals surface area contributed by atoms with Gasteiger partial charge in [-0.05, 0) is 57.4 Å². The second-order valence-electron chi connectivity index (χ2n) is 9.10. The lowest BCUT2D eigenvalue weighted by Gasteiger charge is -2.30. The Morgan fingerprint density at radius 1 is 1.18 bits per heavy atom. The molecule has 182 valence electrons. The molecule has 1 aliphatic rings. The number of carboxylic acids is 1. The molecule has 0 saturated carbocycles. The van der Waals surface area contributed by atoms with E-state index in [-0.39, 0.29) is 24.5 Å². The lowest BCUT2D eigenvalue weighted by Crippen LogP contribution is -2.57. The molecule has 1 saturated heterocycles. The van der Waals surface area contributed by atoms with E-state index in [1.807, 2.05) is 6.07 Å². The molecule has 0 bridgehead atoms. The van der Waals surface area contributed by atoms with Crippen molar-refractivity contribution in [2.24, 2.45) is 0 Å². The number of aliphatic carboxylic acids is 1. The van der Waals surface area contributed by atoms with E-state index in [1.165, 1.54) is 6.07 Å². The van der Waals surface area contributed by atoms with Crippen LogP contribution < -0.4 is 5.32 Å². The molecule has 2 aromatic carbocycles. The summed E-state index contributed by atoms with van der Waals surface area (Å²) in [5.41, 5.74) is 0.865. The van der Waals surface area contributed by atoms with Gasteiger partial charge in [0.2, 0.25) is 0 Å². The number of aliphatic hydroxyl groups is 1. The molecule has 3 rings (SSSR count). The number of hydrogen-bond acceptors (Lipinski definition) is 6. The molecular formula is C25H30N2O7. The first-order valence-corrected chi connectivity index (χ1v) is 10.9. The summed E-state index contributed by atoms with van der Waals surface area (Å²) < 4.78 is 5.49. The van der Waals surface area contributed by atoms with Crippen molar-refractivity contribution in [1.29, 1.82) is 0 Å². The van der Waals surface area contributed by atoms with Crippen LogP contribution >= 0.6 is 0 Å². The summed E-state index contributed by atoms with van der Waals surface area (Å²) in [6.45, 7) is 6.15. The second kappa shape index (κ2) is 9.82. The molecule has 4 N–H and O–H groups in total. The zero-order chi connectivity index (χ0) is 25.2. The Balaban J connectivity index is 1.90. The zero-order valence-electron chi connectivity index (χ0n) is 19.6. The molecule has 3 unspecified atom stereocenters. The van der Waals surface area contributed by atoms with Crippen molar-refractivity contribution in [2.45, 2.75) is 57.9 Å². The first-order chi connectivity index (χ1) is 15.9. The summed E-state index contributed by atoms with van der Waals surface area (Å²) in [5, 5.41) is 33.5. The standard InChI is InChI=1S/C25H30N2O7/c1-14-10-17(15(2)19(28)11-14)22(30)26-18(12-16-8-6-5-7-9-16)20(29)23(31)27-13-34-25(3,4)21(27)24(32)33/h5-11,18,20-21,28-29H,12-13H2,1-4H3,(H,26,30)(H,32,33). The van der Waals surface area contributed by atoms with E-state index in [0.717, 1.165) is 10.5 Å². The predicted octanol–water partition coefficient (Wildman–Crippen LogP) is 1.76. The van der Waals surface area contributed by atoms with Crippen LogP contribution in [0.1, 0.15) is 40.9 Å². The molecule has 0 spiro atoms. The Kier molecular flexibility index (Phi) is 7.28. The molecule has 0 aliphatic carbocycles. The van der Waals surface area contributed by atoms with Crippen LogP contribution in [-0.4, -0.2) is 68.5 Å². The summed E-state index contributed by atoms with van der Waals surface area (Å²) in [6.07, 6.45) is -1.62. The first-order valence-electron chi connectivity index (χ1n) is 10.9. The van der Waals surface area contributed by atoms with Gasteiger partial charge in [-0.25, -0.2) is 4.79 Å². The third-order valence-corrected chi connectivity index (χ3v) is 6.08. The normalized spacial score (nSPS) is 18.9. The van der Waals surface area contributed by atoms with Gasteiger partial charge < -0.3 is 30.3 Å². The molecule has 3 atom stereocenters. The van der Waals surface area contributed by atoms with Crippen LogP contribution in [0.15, 0.2) is 42.5 Å². The number of aliphatic hydroxyl groups excluding tert-OH is 1. The van der Waals surface area contributed by atoms with Gasteiger partial charge in [0, 0.05) is 11.1 Å². The quantitative estimate of drug-likeness (QED) is 0.484. The SMILES string of the molecule is Cc1cc(O)c(C)c(C(=O)NC(Cc2ccccc2)C(O)C(=O)N2COC(C)(C)C2C(=O)O)c1. The van der Waals surface area contributed by atoms with Gasteiger partial charge in [-0.1, -0.05) is 30.3 Å². The number of aromatic hydroxyl groups is 1. The van der Waals surface area contributed by atoms with Crippen LogP contribution in [0.2, 0.25) is 0 Å². The molecule has 2 aromatic rings. The maximum Gasteiger partial charge on any atom is 0.329 e. The summed E-state index contributed by atoms with van der Waals surface area (Å²) in [6, 6.07) is 9.78. The van der Waals surface area contributed by atoms with Crippen LogP contribution in [0.5, 0.6) is 5.75 Å². The number of carbonyl (C=O) groups excluding carboxylic acids is 2. The number of ether oxygens (including phenoxy) is 1. The number of nitrogens with one attached hydrogen (secondary N) is 1. The molecule has 1 fully saturated rings. The topological polar surface area (TPSA) is 136 Å². The van der Waals surface area contributed by atoms with E-state index in [9.17, 15) is 29.7 Å². The molecular weight excluding hydrogens is 440 g/mol. The minimum atomic E-state index is -1.73. The maximum atomic E-state index is 13.2. The van der Waals surface area contributed by atoms with Crippen molar-refractivity contribution < 1.29 is 34.4 Å². The van der Waals surface area contributed by atoms with Crippen molar-refractivity contribution in [3.8, 4) is 5.75 Å². The fourth-order valence-corrected chi connectivity index (χ4v) is 4.16. The summed E-state index contributed by atoms with van der Waals surface area (Å²) in [4.78, 5) is 39.1. The average Bonchev–Trinajstić information content (AvgIpc) is 3.10. The summed E-state index contributed by atoms with van der Waals surface area (Å²) >= 11 is 0. The Morgan fingerprint density at radius 3 is 2.44 bits per heavy atom. The zero-order valence-corrected chi connectivity index (χ0v) is 19.6. The molecule has 9 heteroatoms. The van der Waals surface area contributed by atoms with Crippen LogP contribution in [-0.2, 0) is 20.7 Å². The number of phenolic OH excluding ortho intramolecular Hbond substituents is 1. The predicted molar refractivity (Wildman–Crippen MR) is 123 cm³/mol. The van der Waals surface area contributed by atoms with Gasteiger partial charge in [-0.2, -0.15) is 0 Å². The summed E-state index contributed by atoms with van der Waals surface area (Å²) in [7, 11) is 0. The van der Waals surface area contributed by atoms with Crippen molar-refractivity contribution in [2.75, 3.05) is 6.73 Å². The number of hydrogen-bond donors (Lipinski definition) is 4. The Labute approximate surface area is 198 Å². The number of phenols is 1. The van der Waals surface area contributed by atoms with Gasteiger partial charge in [0.1, 0.15) is 12.5 Å². The van der Waals surface area contributed by atoms with E-state index >= 15 is 0 Å². The van der Waals surface area contributed by atoms with Crippen LogP contribution in [0, 0.1) is 13.8 Å². The van der Waals surface area contributed by atoms with Crippen LogP contribution in [0.3, 0.4) is 0 Å². The molecule has 1 heterocycles. The number of carbonyl (C=O) groups is 3. The van der Waals surface area contributed by atoms with Gasteiger partial charge in [-0.3, -0.25) is 9.59 Å². The summed E-state index contributed by atoms with van der Waals surface area (Å²) in [5.74, 6) is -2.72. The second-order valence-corrected chi connectivity index (χ2v) is 9.10. The first kappa shape index (κ1) is 25.2. The third-order valence-electron chi connectivity index (χ3n) is 6.08. The smallest absolute Gasteiger partial charge is 0.329 e. The minimum absolute atomic E-state index is 0.0397. The molecule has 2 amide bonds. The van der Waals surface area contributed by atoms with E-state index in [1.54, 1.807) is 58.0 Å². The molecule has 9 nitrogen and oxygen atoms in total. The lowest BCUT2D eigenvalue weighted by atomic mass is 9.96. The number of carboxylic acid groups (broad SMARTS) is 1. The Morgan fingerprint density at radius 2 is 1.82 bits per heavy atom. The van der Waals surface area contributed by atoms with Gasteiger partial charge in [-0.15, -0.1) is 0 Å². The largest absolute Gasteiger partial charge is 0.508 e. The van der Waals surface area contributed by atoms with Crippen molar-refractivity contribution in [1.82, 2.24) is 10.2 Å². The fourth-order valence-electron chi connectivity index (χ4n) is 4.16. The maximum absolute atomic E-state index is 13.2. The Bertz CT molecular complexity index is 1080. The van der Waals surface area contributed by atoms with Gasteiger partial charge >= 0.3 is 5.97 Å². The Hall–Kier alpha value is -3.43. The van der Waals surface area contributed by atoms with E-state index < -0.39 is 41.6 Å². The number of nitrogens with zero attached hydrogens (tertiary/aromatic N) is 1. The highest BCUT2D eigenvalue weighted by molar-refractivity contribution is 5.97. The highest BCUT2D eigenvalue weighted by Gasteiger charge is 2.50. The average molecular weight is 471 g/mol. The highest BCUT2D eigenvalue weighted by Crippen LogP contribution is 2.29.